The highest BCUT2D eigenvalue weighted by atomic mass is 16.2. The molecule has 0 saturated heterocycles. The lowest BCUT2D eigenvalue weighted by molar-refractivity contribution is -0.128. The summed E-state index contributed by atoms with van der Waals surface area (Å²) in [6, 6.07) is 9.30. The van der Waals surface area contributed by atoms with E-state index in [9.17, 15) is 9.59 Å². The fourth-order valence-electron chi connectivity index (χ4n) is 3.79. The zero-order valence-electron chi connectivity index (χ0n) is 16.5. The molecule has 3 N–H and O–H groups in total. The van der Waals surface area contributed by atoms with Crippen molar-refractivity contribution in [3.8, 4) is 0 Å². The van der Waals surface area contributed by atoms with Crippen molar-refractivity contribution in [1.29, 1.82) is 0 Å². The number of pyridine rings is 1. The van der Waals surface area contributed by atoms with E-state index in [-0.39, 0.29) is 11.9 Å². The summed E-state index contributed by atoms with van der Waals surface area (Å²) in [4.78, 5) is 29.9. The van der Waals surface area contributed by atoms with Crippen LogP contribution in [0.3, 0.4) is 0 Å². The van der Waals surface area contributed by atoms with E-state index in [1.807, 2.05) is 44.2 Å². The lowest BCUT2D eigenvalue weighted by atomic mass is 9.81. The van der Waals surface area contributed by atoms with Crippen LogP contribution in [0.1, 0.15) is 48.8 Å². The predicted octanol–water partition coefficient (Wildman–Crippen LogP) is 3.84. The molecule has 1 saturated carbocycles. The number of para-hydroxylation sites is 1. The van der Waals surface area contributed by atoms with E-state index in [4.69, 9.17) is 0 Å². The molecule has 3 rings (SSSR count). The van der Waals surface area contributed by atoms with Crippen molar-refractivity contribution in [2.75, 3.05) is 5.32 Å². The molecule has 0 radical (unpaired) electrons. The van der Waals surface area contributed by atoms with Crippen LogP contribution in [-0.2, 0) is 11.3 Å². The van der Waals surface area contributed by atoms with E-state index in [0.29, 0.717) is 19.4 Å². The van der Waals surface area contributed by atoms with E-state index >= 15 is 0 Å². The Hall–Kier alpha value is -2.89. The number of nitrogens with one attached hydrogen (secondary N) is 3. The molecule has 0 atom stereocenters. The number of nitrogens with zero attached hydrogens (tertiary/aromatic N) is 1. The normalized spacial score (nSPS) is 15.5. The maximum Gasteiger partial charge on any atom is 0.320 e. The highest BCUT2D eigenvalue weighted by molar-refractivity contribution is 5.96. The topological polar surface area (TPSA) is 83.1 Å². The van der Waals surface area contributed by atoms with Crippen LogP contribution in [0.5, 0.6) is 0 Å². The number of aromatic nitrogens is 1. The number of carbonyl (C=O) groups is 2. The van der Waals surface area contributed by atoms with E-state index in [1.165, 1.54) is 0 Å². The Morgan fingerprint density at radius 1 is 1.04 bits per heavy atom. The molecule has 2 aromatic rings. The minimum absolute atomic E-state index is 0.132. The van der Waals surface area contributed by atoms with E-state index in [2.05, 4.69) is 20.9 Å². The monoisotopic (exact) mass is 380 g/mol. The summed E-state index contributed by atoms with van der Waals surface area (Å²) in [5, 5.41) is 8.91. The number of hydrogen-bond donors (Lipinski definition) is 3. The fourth-order valence-corrected chi connectivity index (χ4v) is 3.79. The molecule has 0 unspecified atom stereocenters. The lowest BCUT2D eigenvalue weighted by Gasteiger charge is -2.36. The van der Waals surface area contributed by atoms with Gasteiger partial charge in [-0.15, -0.1) is 0 Å². The van der Waals surface area contributed by atoms with Crippen LogP contribution in [-0.4, -0.2) is 22.5 Å². The molecule has 6 nitrogen and oxygen atoms in total. The summed E-state index contributed by atoms with van der Waals surface area (Å²) in [7, 11) is 0. The van der Waals surface area contributed by atoms with Crippen LogP contribution in [0.4, 0.5) is 10.5 Å². The summed E-state index contributed by atoms with van der Waals surface area (Å²) in [6.45, 7) is 4.31. The minimum Gasteiger partial charge on any atom is -0.350 e. The molecule has 6 heteroatoms. The second kappa shape index (κ2) is 8.87. The highest BCUT2D eigenvalue weighted by Crippen LogP contribution is 2.29. The van der Waals surface area contributed by atoms with Crippen LogP contribution < -0.4 is 16.0 Å². The second-order valence-electron chi connectivity index (χ2n) is 7.53. The zero-order valence-corrected chi connectivity index (χ0v) is 16.5. The van der Waals surface area contributed by atoms with Crippen LogP contribution in [0.15, 0.2) is 42.7 Å². The van der Waals surface area contributed by atoms with Crippen LogP contribution in [0.2, 0.25) is 0 Å². The third-order valence-corrected chi connectivity index (χ3v) is 5.39. The first-order valence-corrected chi connectivity index (χ1v) is 9.83. The van der Waals surface area contributed by atoms with Crippen LogP contribution in [0, 0.1) is 13.8 Å². The summed E-state index contributed by atoms with van der Waals surface area (Å²) in [5.74, 6) is -0.132. The lowest BCUT2D eigenvalue weighted by Crippen LogP contribution is -2.60. The molecule has 0 bridgehead atoms. The fraction of sp³-hybridized carbons (Fsp3) is 0.409. The number of benzene rings is 1. The molecule has 1 aliphatic carbocycles. The standard InChI is InChI=1S/C22H28N4O2/c1-16-8-6-9-17(2)19(16)25-21(28)26-22(11-4-3-5-12-22)20(27)24-15-18-10-7-13-23-14-18/h6-10,13-14H,3-5,11-12,15H2,1-2H3,(H,24,27)(H2,25,26,28). The van der Waals surface area contributed by atoms with Gasteiger partial charge in [0.2, 0.25) is 5.91 Å². The van der Waals surface area contributed by atoms with Gasteiger partial charge in [0, 0.05) is 24.6 Å². The average Bonchev–Trinajstić information content (AvgIpc) is 2.70. The quantitative estimate of drug-likeness (QED) is 0.737. The molecule has 28 heavy (non-hydrogen) atoms. The number of amides is 3. The van der Waals surface area contributed by atoms with Gasteiger partial charge in [0.05, 0.1) is 0 Å². The Labute approximate surface area is 166 Å². The number of carbonyl (C=O) groups excluding carboxylic acids is 2. The van der Waals surface area contributed by atoms with Gasteiger partial charge < -0.3 is 16.0 Å². The Morgan fingerprint density at radius 2 is 1.75 bits per heavy atom. The largest absolute Gasteiger partial charge is 0.350 e. The van der Waals surface area contributed by atoms with Crippen molar-refractivity contribution < 1.29 is 9.59 Å². The molecule has 1 fully saturated rings. The first kappa shape index (κ1) is 19.9. The van der Waals surface area contributed by atoms with Gasteiger partial charge in [0.25, 0.3) is 0 Å². The van der Waals surface area contributed by atoms with Crippen LogP contribution in [0.25, 0.3) is 0 Å². The first-order chi connectivity index (χ1) is 13.5. The maximum atomic E-state index is 13.0. The summed E-state index contributed by atoms with van der Waals surface area (Å²) in [5.41, 5.74) is 2.84. The van der Waals surface area contributed by atoms with Crippen molar-refractivity contribution in [3.63, 3.8) is 0 Å². The Balaban J connectivity index is 1.70. The van der Waals surface area contributed by atoms with E-state index in [0.717, 1.165) is 41.6 Å². The van der Waals surface area contributed by atoms with Crippen molar-refractivity contribution >= 4 is 17.6 Å². The molecule has 1 aromatic heterocycles. The van der Waals surface area contributed by atoms with Gasteiger partial charge >= 0.3 is 6.03 Å². The van der Waals surface area contributed by atoms with Crippen LogP contribution >= 0.6 is 0 Å². The molecular formula is C22H28N4O2. The number of anilines is 1. The van der Waals surface area contributed by atoms with Gasteiger partial charge in [-0.25, -0.2) is 4.79 Å². The number of urea groups is 1. The van der Waals surface area contributed by atoms with Gasteiger partial charge in [-0.05, 0) is 49.4 Å². The third-order valence-electron chi connectivity index (χ3n) is 5.39. The van der Waals surface area contributed by atoms with Crippen molar-refractivity contribution in [1.82, 2.24) is 15.6 Å². The summed E-state index contributed by atoms with van der Waals surface area (Å²) >= 11 is 0. The van der Waals surface area contributed by atoms with Gasteiger partial charge in [-0.1, -0.05) is 43.5 Å². The molecule has 148 valence electrons. The number of rotatable bonds is 5. The van der Waals surface area contributed by atoms with E-state index < -0.39 is 5.54 Å². The minimum atomic E-state index is -0.874. The van der Waals surface area contributed by atoms with E-state index in [1.54, 1.807) is 12.4 Å². The molecule has 0 aliphatic heterocycles. The Morgan fingerprint density at radius 3 is 2.39 bits per heavy atom. The second-order valence-corrected chi connectivity index (χ2v) is 7.53. The molecular weight excluding hydrogens is 352 g/mol. The van der Waals surface area contributed by atoms with Crippen molar-refractivity contribution in [2.24, 2.45) is 0 Å². The number of aryl methyl sites for hydroxylation is 2. The molecule has 0 spiro atoms. The smallest absolute Gasteiger partial charge is 0.320 e. The third kappa shape index (κ3) is 4.68. The van der Waals surface area contributed by atoms with Crippen molar-refractivity contribution in [2.45, 2.75) is 58.0 Å². The predicted molar refractivity (Wildman–Crippen MR) is 110 cm³/mol. The van der Waals surface area contributed by atoms with Gasteiger partial charge in [0.15, 0.2) is 0 Å². The first-order valence-electron chi connectivity index (χ1n) is 9.83. The molecule has 3 amide bonds. The van der Waals surface area contributed by atoms with Gasteiger partial charge in [0.1, 0.15) is 5.54 Å². The summed E-state index contributed by atoms with van der Waals surface area (Å²) < 4.78 is 0. The molecule has 1 aromatic carbocycles. The molecule has 1 aliphatic rings. The Kier molecular flexibility index (Phi) is 6.29. The summed E-state index contributed by atoms with van der Waals surface area (Å²) in [6.07, 6.45) is 7.65. The van der Waals surface area contributed by atoms with Gasteiger partial charge in [-0.2, -0.15) is 0 Å². The average molecular weight is 380 g/mol. The van der Waals surface area contributed by atoms with Gasteiger partial charge in [-0.3, -0.25) is 9.78 Å². The molecule has 1 heterocycles. The maximum absolute atomic E-state index is 13.0. The highest BCUT2D eigenvalue weighted by Gasteiger charge is 2.40. The Bertz CT molecular complexity index is 809. The van der Waals surface area contributed by atoms with Crippen molar-refractivity contribution in [3.05, 3.63) is 59.4 Å². The number of hydrogen-bond acceptors (Lipinski definition) is 3. The zero-order chi connectivity index (χ0) is 20.0. The SMILES string of the molecule is Cc1cccc(C)c1NC(=O)NC1(C(=O)NCc2cccnc2)CCCCC1.